The summed E-state index contributed by atoms with van der Waals surface area (Å²) in [5.41, 5.74) is 3.48. The summed E-state index contributed by atoms with van der Waals surface area (Å²) in [7, 11) is 0. The van der Waals surface area contributed by atoms with E-state index in [2.05, 4.69) is 16.2 Å². The summed E-state index contributed by atoms with van der Waals surface area (Å²) < 4.78 is 39.4. The zero-order chi connectivity index (χ0) is 20.9. The number of hydrazine groups is 1. The molecule has 9 heteroatoms. The summed E-state index contributed by atoms with van der Waals surface area (Å²) in [6, 6.07) is 10.5. The Kier molecular flexibility index (Phi) is 6.26. The molecule has 6 nitrogen and oxygen atoms in total. The first-order valence-electron chi connectivity index (χ1n) is 8.20. The Hall–Kier alpha value is -3.54. The maximum atomic E-state index is 13.1. The van der Waals surface area contributed by atoms with Gasteiger partial charge in [0.25, 0.3) is 5.91 Å². The van der Waals surface area contributed by atoms with E-state index < -0.39 is 17.6 Å². The van der Waals surface area contributed by atoms with Gasteiger partial charge in [0.2, 0.25) is 5.91 Å². The molecular weight excluding hydrogens is 373 g/mol. The number of halogens is 3. The molecule has 0 saturated carbocycles. The highest BCUT2D eigenvalue weighted by Crippen LogP contribution is 2.35. The largest absolute Gasteiger partial charge is 0.418 e. The fourth-order valence-electron chi connectivity index (χ4n) is 2.15. The number of carbonyl (C=O) groups excluding carboxylic acids is 2. The van der Waals surface area contributed by atoms with Crippen molar-refractivity contribution in [2.45, 2.75) is 20.0 Å². The quantitative estimate of drug-likeness (QED) is 0.675. The molecule has 2 rings (SSSR count). The Bertz CT molecular complexity index is 916. The van der Waals surface area contributed by atoms with E-state index >= 15 is 0 Å². The first kappa shape index (κ1) is 20.8. The van der Waals surface area contributed by atoms with E-state index in [0.29, 0.717) is 11.8 Å². The van der Waals surface area contributed by atoms with E-state index in [0.717, 1.165) is 6.07 Å². The lowest BCUT2D eigenvalue weighted by molar-refractivity contribution is -0.137. The number of hydrogen-bond donors (Lipinski definition) is 3. The van der Waals surface area contributed by atoms with Crippen LogP contribution in [0.4, 0.5) is 24.5 Å². The van der Waals surface area contributed by atoms with Crippen LogP contribution in [0, 0.1) is 17.2 Å². The Balaban J connectivity index is 2.08. The van der Waals surface area contributed by atoms with E-state index in [-0.39, 0.29) is 28.6 Å². The minimum absolute atomic E-state index is 0.150. The summed E-state index contributed by atoms with van der Waals surface area (Å²) in [4.78, 5) is 23.8. The number of nitrogens with zero attached hydrogens (tertiary/aromatic N) is 1. The monoisotopic (exact) mass is 390 g/mol. The molecule has 2 amide bonds. The number of carbonyl (C=O) groups is 2. The maximum Gasteiger partial charge on any atom is 0.418 e. The Labute approximate surface area is 159 Å². The van der Waals surface area contributed by atoms with Crippen molar-refractivity contribution >= 4 is 23.2 Å². The molecule has 0 unspecified atom stereocenters. The molecule has 0 aliphatic carbocycles. The zero-order valence-electron chi connectivity index (χ0n) is 15.0. The van der Waals surface area contributed by atoms with Crippen LogP contribution >= 0.6 is 0 Å². The molecule has 2 aromatic rings. The van der Waals surface area contributed by atoms with Crippen LogP contribution in [0.2, 0.25) is 0 Å². The van der Waals surface area contributed by atoms with Crippen LogP contribution in [0.15, 0.2) is 42.5 Å². The number of rotatable bonds is 5. The second kappa shape index (κ2) is 8.43. The van der Waals surface area contributed by atoms with Crippen LogP contribution in [0.25, 0.3) is 0 Å². The van der Waals surface area contributed by atoms with Crippen molar-refractivity contribution in [1.29, 1.82) is 5.26 Å². The van der Waals surface area contributed by atoms with Gasteiger partial charge in [0, 0.05) is 17.2 Å². The van der Waals surface area contributed by atoms with Crippen molar-refractivity contribution in [1.82, 2.24) is 5.43 Å². The molecule has 28 heavy (non-hydrogen) atoms. The van der Waals surface area contributed by atoms with Crippen molar-refractivity contribution < 1.29 is 22.8 Å². The molecule has 0 atom stereocenters. The molecule has 0 aromatic heterocycles. The van der Waals surface area contributed by atoms with Crippen molar-refractivity contribution in [3.05, 3.63) is 59.2 Å². The standard InChI is InChI=1S/C19H17F3N4O2/c1-11(2)17(27)24-14-6-4-13(5-7-14)18(28)26-25-16-8-3-12(10-23)9-15(16)19(20,21)22/h3-9,11,25H,1-2H3,(H,24,27)(H,26,28). The molecule has 0 aliphatic heterocycles. The fraction of sp³-hybridized carbons (Fsp3) is 0.211. The molecule has 0 bridgehead atoms. The lowest BCUT2D eigenvalue weighted by Crippen LogP contribution is -2.30. The first-order chi connectivity index (χ1) is 13.1. The minimum atomic E-state index is -4.70. The number of amides is 2. The van der Waals surface area contributed by atoms with Crippen LogP contribution in [0.5, 0.6) is 0 Å². The molecule has 2 aromatic carbocycles. The molecule has 0 saturated heterocycles. The lowest BCUT2D eigenvalue weighted by atomic mass is 10.1. The van der Waals surface area contributed by atoms with Gasteiger partial charge < -0.3 is 5.32 Å². The van der Waals surface area contributed by atoms with Crippen molar-refractivity contribution in [2.24, 2.45) is 5.92 Å². The summed E-state index contributed by atoms with van der Waals surface area (Å²) in [5.74, 6) is -1.05. The molecule has 0 heterocycles. The summed E-state index contributed by atoms with van der Waals surface area (Å²) in [6.07, 6.45) is -4.70. The van der Waals surface area contributed by atoms with Gasteiger partial charge in [-0.25, -0.2) is 0 Å². The molecule has 0 radical (unpaired) electrons. The molecule has 0 spiro atoms. The second-order valence-corrected chi connectivity index (χ2v) is 6.17. The summed E-state index contributed by atoms with van der Waals surface area (Å²) in [6.45, 7) is 3.47. The highest BCUT2D eigenvalue weighted by atomic mass is 19.4. The fourth-order valence-corrected chi connectivity index (χ4v) is 2.15. The topological polar surface area (TPSA) is 94.0 Å². The average Bonchev–Trinajstić information content (AvgIpc) is 2.65. The van der Waals surface area contributed by atoms with E-state index in [1.54, 1.807) is 19.9 Å². The van der Waals surface area contributed by atoms with Gasteiger partial charge in [-0.3, -0.25) is 20.4 Å². The molecule has 3 N–H and O–H groups in total. The van der Waals surface area contributed by atoms with Crippen LogP contribution in [-0.4, -0.2) is 11.8 Å². The number of alkyl halides is 3. The van der Waals surface area contributed by atoms with Crippen LogP contribution in [-0.2, 0) is 11.0 Å². The van der Waals surface area contributed by atoms with Crippen LogP contribution in [0.1, 0.15) is 35.3 Å². The van der Waals surface area contributed by atoms with Crippen LogP contribution in [0.3, 0.4) is 0 Å². The molecule has 0 fully saturated rings. The predicted molar refractivity (Wildman–Crippen MR) is 97.2 cm³/mol. The van der Waals surface area contributed by atoms with Gasteiger partial charge in [-0.1, -0.05) is 13.8 Å². The number of benzene rings is 2. The summed E-state index contributed by atoms with van der Waals surface area (Å²) >= 11 is 0. The lowest BCUT2D eigenvalue weighted by Gasteiger charge is -2.15. The van der Waals surface area contributed by atoms with E-state index in [1.807, 2.05) is 0 Å². The van der Waals surface area contributed by atoms with Gasteiger partial charge in [0.1, 0.15) is 0 Å². The Morgan fingerprint density at radius 3 is 2.25 bits per heavy atom. The van der Waals surface area contributed by atoms with Gasteiger partial charge in [-0.2, -0.15) is 18.4 Å². The molecular formula is C19H17F3N4O2. The van der Waals surface area contributed by atoms with Gasteiger partial charge in [-0.05, 0) is 42.5 Å². The highest BCUT2D eigenvalue weighted by molar-refractivity contribution is 5.96. The van der Waals surface area contributed by atoms with Gasteiger partial charge in [0.05, 0.1) is 22.9 Å². The average molecular weight is 390 g/mol. The van der Waals surface area contributed by atoms with Crippen molar-refractivity contribution in [3.8, 4) is 6.07 Å². The number of hydrogen-bond acceptors (Lipinski definition) is 4. The van der Waals surface area contributed by atoms with Crippen LogP contribution < -0.4 is 16.2 Å². The normalized spacial score (nSPS) is 10.9. The highest BCUT2D eigenvalue weighted by Gasteiger charge is 2.34. The smallest absolute Gasteiger partial charge is 0.326 e. The Morgan fingerprint density at radius 1 is 1.07 bits per heavy atom. The second-order valence-electron chi connectivity index (χ2n) is 6.17. The first-order valence-corrected chi connectivity index (χ1v) is 8.20. The summed E-state index contributed by atoms with van der Waals surface area (Å²) in [5, 5.41) is 11.4. The zero-order valence-corrected chi connectivity index (χ0v) is 15.0. The van der Waals surface area contributed by atoms with Gasteiger partial charge in [0.15, 0.2) is 0 Å². The number of anilines is 2. The predicted octanol–water partition coefficient (Wildman–Crippen LogP) is 3.93. The molecule has 146 valence electrons. The number of nitrogens with one attached hydrogen (secondary N) is 3. The third kappa shape index (κ3) is 5.23. The molecule has 0 aliphatic rings. The Morgan fingerprint density at radius 2 is 1.71 bits per heavy atom. The minimum Gasteiger partial charge on any atom is -0.326 e. The third-order valence-electron chi connectivity index (χ3n) is 3.70. The number of nitriles is 1. The SMILES string of the molecule is CC(C)C(=O)Nc1ccc(C(=O)NNc2ccc(C#N)cc2C(F)(F)F)cc1. The maximum absolute atomic E-state index is 13.1. The van der Waals surface area contributed by atoms with E-state index in [1.165, 1.54) is 30.3 Å². The third-order valence-corrected chi connectivity index (χ3v) is 3.70. The van der Waals surface area contributed by atoms with Gasteiger partial charge in [-0.15, -0.1) is 0 Å². The van der Waals surface area contributed by atoms with Gasteiger partial charge >= 0.3 is 6.18 Å². The van der Waals surface area contributed by atoms with E-state index in [9.17, 15) is 22.8 Å². The van der Waals surface area contributed by atoms with Crippen molar-refractivity contribution in [2.75, 3.05) is 10.7 Å². The van der Waals surface area contributed by atoms with Crippen molar-refractivity contribution in [3.63, 3.8) is 0 Å². The van der Waals surface area contributed by atoms with E-state index in [4.69, 9.17) is 5.26 Å².